The van der Waals surface area contributed by atoms with Crippen molar-refractivity contribution in [3.63, 3.8) is 0 Å². The van der Waals surface area contributed by atoms with Crippen molar-refractivity contribution in [2.45, 2.75) is 19.1 Å². The predicted molar refractivity (Wildman–Crippen MR) is 112 cm³/mol. The van der Waals surface area contributed by atoms with Crippen LogP contribution in [-0.4, -0.2) is 76.6 Å². The second kappa shape index (κ2) is 11.1. The average Bonchev–Trinajstić information content (AvgIpc) is 3.08. The van der Waals surface area contributed by atoms with Gasteiger partial charge in [-0.25, -0.2) is 4.79 Å². The summed E-state index contributed by atoms with van der Waals surface area (Å²) >= 11 is 0. The molecule has 0 spiro atoms. The number of aliphatic hydroxyl groups is 1. The summed E-state index contributed by atoms with van der Waals surface area (Å²) in [7, 11) is 0. The van der Waals surface area contributed by atoms with Crippen molar-refractivity contribution in [3.8, 4) is 0 Å². The van der Waals surface area contributed by atoms with Crippen molar-refractivity contribution in [2.75, 3.05) is 32.8 Å². The maximum Gasteiger partial charge on any atom is 0.410 e. The molecule has 1 unspecified atom stereocenters. The van der Waals surface area contributed by atoms with Crippen molar-refractivity contribution < 1.29 is 24.2 Å². The molecule has 9 heteroatoms. The van der Waals surface area contributed by atoms with E-state index in [1.807, 2.05) is 30.3 Å². The standard InChI is InChI=1S/C22H26N4O5/c27-15-19(24-20(28)18-7-9-23-10-8-18)21(29)25-11-4-12-26(14-13-25)22(30)31-16-17-5-2-1-3-6-17/h1-3,5-10,19,27H,4,11-16H2,(H,24,28). The third-order valence-electron chi connectivity index (χ3n) is 5.00. The Hall–Kier alpha value is -3.46. The van der Waals surface area contributed by atoms with Gasteiger partial charge in [-0.3, -0.25) is 14.6 Å². The first-order valence-electron chi connectivity index (χ1n) is 10.1. The minimum absolute atomic E-state index is 0.187. The molecule has 0 bridgehead atoms. The van der Waals surface area contributed by atoms with Gasteiger partial charge in [-0.1, -0.05) is 30.3 Å². The van der Waals surface area contributed by atoms with Gasteiger partial charge < -0.3 is 25.0 Å². The van der Waals surface area contributed by atoms with Crippen molar-refractivity contribution in [1.82, 2.24) is 20.1 Å². The Kier molecular flexibility index (Phi) is 7.94. The Labute approximate surface area is 180 Å². The highest BCUT2D eigenvalue weighted by Gasteiger charge is 2.28. The normalized spacial score (nSPS) is 15.0. The first-order chi connectivity index (χ1) is 15.1. The molecule has 1 aromatic heterocycles. The third kappa shape index (κ3) is 6.26. The van der Waals surface area contributed by atoms with Gasteiger partial charge >= 0.3 is 6.09 Å². The summed E-state index contributed by atoms with van der Waals surface area (Å²) in [5.74, 6) is -0.847. The molecular formula is C22H26N4O5. The first kappa shape index (κ1) is 22.2. The second-order valence-electron chi connectivity index (χ2n) is 7.15. The van der Waals surface area contributed by atoms with E-state index in [0.717, 1.165) is 5.56 Å². The fourth-order valence-electron chi connectivity index (χ4n) is 3.28. The molecule has 0 radical (unpaired) electrons. The lowest BCUT2D eigenvalue weighted by Gasteiger charge is -2.26. The number of aliphatic hydroxyl groups excluding tert-OH is 1. The molecule has 2 aromatic rings. The van der Waals surface area contributed by atoms with E-state index in [4.69, 9.17) is 4.74 Å². The van der Waals surface area contributed by atoms with Crippen molar-refractivity contribution >= 4 is 17.9 Å². The molecule has 3 amide bonds. The van der Waals surface area contributed by atoms with Gasteiger partial charge in [-0.05, 0) is 24.1 Å². The molecule has 1 aliphatic rings. The maximum absolute atomic E-state index is 12.8. The lowest BCUT2D eigenvalue weighted by atomic mass is 10.2. The van der Waals surface area contributed by atoms with Crippen LogP contribution in [0.2, 0.25) is 0 Å². The molecule has 2 N–H and O–H groups in total. The molecule has 1 aromatic carbocycles. The van der Waals surface area contributed by atoms with E-state index in [9.17, 15) is 19.5 Å². The minimum Gasteiger partial charge on any atom is -0.445 e. The zero-order valence-corrected chi connectivity index (χ0v) is 17.1. The number of carbonyl (C=O) groups is 3. The van der Waals surface area contributed by atoms with Crippen LogP contribution >= 0.6 is 0 Å². The van der Waals surface area contributed by atoms with Crippen LogP contribution in [0.3, 0.4) is 0 Å². The second-order valence-corrected chi connectivity index (χ2v) is 7.15. The average molecular weight is 426 g/mol. The highest BCUT2D eigenvalue weighted by atomic mass is 16.6. The van der Waals surface area contributed by atoms with E-state index >= 15 is 0 Å². The Morgan fingerprint density at radius 2 is 1.68 bits per heavy atom. The van der Waals surface area contributed by atoms with E-state index in [1.54, 1.807) is 9.80 Å². The van der Waals surface area contributed by atoms with Gasteiger partial charge in [0, 0.05) is 44.1 Å². The summed E-state index contributed by atoms with van der Waals surface area (Å²) < 4.78 is 5.37. The number of benzene rings is 1. The number of aromatic nitrogens is 1. The zero-order valence-electron chi connectivity index (χ0n) is 17.1. The molecule has 164 valence electrons. The number of hydrogen-bond donors (Lipinski definition) is 2. The fraction of sp³-hybridized carbons (Fsp3) is 0.364. The zero-order chi connectivity index (χ0) is 22.1. The molecule has 1 aliphatic heterocycles. The van der Waals surface area contributed by atoms with E-state index in [2.05, 4.69) is 10.3 Å². The summed E-state index contributed by atoms with van der Waals surface area (Å²) in [5.41, 5.74) is 1.25. The molecule has 1 fully saturated rings. The fourth-order valence-corrected chi connectivity index (χ4v) is 3.28. The van der Waals surface area contributed by atoms with E-state index in [0.29, 0.717) is 38.2 Å². The molecule has 1 saturated heterocycles. The molecule has 1 atom stereocenters. The molecule has 3 rings (SSSR count). The number of pyridine rings is 1. The Balaban J connectivity index is 1.51. The van der Waals surface area contributed by atoms with Gasteiger partial charge in [0.05, 0.1) is 6.61 Å². The van der Waals surface area contributed by atoms with Gasteiger partial charge in [-0.15, -0.1) is 0 Å². The van der Waals surface area contributed by atoms with Gasteiger partial charge in [0.2, 0.25) is 5.91 Å². The van der Waals surface area contributed by atoms with Crippen LogP contribution in [-0.2, 0) is 16.1 Å². The van der Waals surface area contributed by atoms with E-state index in [-0.39, 0.29) is 12.5 Å². The monoisotopic (exact) mass is 426 g/mol. The lowest BCUT2D eigenvalue weighted by Crippen LogP contribution is -2.51. The van der Waals surface area contributed by atoms with Crippen LogP contribution < -0.4 is 5.32 Å². The number of nitrogens with zero attached hydrogens (tertiary/aromatic N) is 3. The molecule has 0 saturated carbocycles. The smallest absolute Gasteiger partial charge is 0.410 e. The van der Waals surface area contributed by atoms with Crippen molar-refractivity contribution in [2.24, 2.45) is 0 Å². The number of rotatable bonds is 6. The maximum atomic E-state index is 12.8. The van der Waals surface area contributed by atoms with Crippen molar-refractivity contribution in [1.29, 1.82) is 0 Å². The number of amides is 3. The minimum atomic E-state index is -1.06. The van der Waals surface area contributed by atoms with E-state index < -0.39 is 24.6 Å². The summed E-state index contributed by atoms with van der Waals surface area (Å²) in [6.45, 7) is 1.16. The lowest BCUT2D eigenvalue weighted by molar-refractivity contribution is -0.134. The summed E-state index contributed by atoms with van der Waals surface area (Å²) in [6, 6.07) is 11.4. The van der Waals surface area contributed by atoms with Crippen LogP contribution in [0, 0.1) is 0 Å². The van der Waals surface area contributed by atoms with Gasteiger partial charge in [0.25, 0.3) is 5.91 Å². The van der Waals surface area contributed by atoms with Crippen LogP contribution in [0.4, 0.5) is 4.79 Å². The number of carbonyl (C=O) groups excluding carboxylic acids is 3. The Morgan fingerprint density at radius 3 is 2.39 bits per heavy atom. The highest BCUT2D eigenvalue weighted by Crippen LogP contribution is 2.09. The number of hydrogen-bond acceptors (Lipinski definition) is 6. The van der Waals surface area contributed by atoms with Crippen LogP contribution in [0.25, 0.3) is 0 Å². The van der Waals surface area contributed by atoms with Gasteiger partial charge in [-0.2, -0.15) is 0 Å². The third-order valence-corrected chi connectivity index (χ3v) is 5.00. The summed E-state index contributed by atoms with van der Waals surface area (Å²) in [4.78, 5) is 44.5. The SMILES string of the molecule is O=C(NC(CO)C(=O)N1CCCN(C(=O)OCc2ccccc2)CC1)c1ccncc1. The Bertz CT molecular complexity index is 878. The number of nitrogens with one attached hydrogen (secondary N) is 1. The van der Waals surface area contributed by atoms with E-state index in [1.165, 1.54) is 24.5 Å². The highest BCUT2D eigenvalue weighted by molar-refractivity contribution is 5.97. The molecule has 0 aliphatic carbocycles. The molecule has 2 heterocycles. The largest absolute Gasteiger partial charge is 0.445 e. The van der Waals surface area contributed by atoms with Crippen LogP contribution in [0.1, 0.15) is 22.3 Å². The quantitative estimate of drug-likeness (QED) is 0.714. The molecule has 9 nitrogen and oxygen atoms in total. The van der Waals surface area contributed by atoms with Crippen LogP contribution in [0.5, 0.6) is 0 Å². The van der Waals surface area contributed by atoms with Gasteiger partial charge in [0.15, 0.2) is 0 Å². The first-order valence-corrected chi connectivity index (χ1v) is 10.1. The number of ether oxygens (including phenoxy) is 1. The van der Waals surface area contributed by atoms with Crippen LogP contribution in [0.15, 0.2) is 54.9 Å². The van der Waals surface area contributed by atoms with Crippen molar-refractivity contribution in [3.05, 3.63) is 66.0 Å². The summed E-state index contributed by atoms with van der Waals surface area (Å²) in [5, 5.41) is 12.2. The summed E-state index contributed by atoms with van der Waals surface area (Å²) in [6.07, 6.45) is 3.10. The molecular weight excluding hydrogens is 400 g/mol. The Morgan fingerprint density at radius 1 is 1.00 bits per heavy atom. The topological polar surface area (TPSA) is 112 Å². The van der Waals surface area contributed by atoms with Gasteiger partial charge in [0.1, 0.15) is 12.6 Å². The molecule has 31 heavy (non-hydrogen) atoms. The predicted octanol–water partition coefficient (Wildman–Crippen LogP) is 1.04.